The van der Waals surface area contributed by atoms with Gasteiger partial charge in [0.1, 0.15) is 0 Å². The fourth-order valence-corrected chi connectivity index (χ4v) is 1.31. The van der Waals surface area contributed by atoms with Gasteiger partial charge in [0, 0.05) is 19.7 Å². The molecule has 5 nitrogen and oxygen atoms in total. The summed E-state index contributed by atoms with van der Waals surface area (Å²) in [6.45, 7) is 5.58. The van der Waals surface area contributed by atoms with Crippen LogP contribution in [0.2, 0.25) is 0 Å². The molecule has 0 fully saturated rings. The third kappa shape index (κ3) is 7.30. The highest BCUT2D eigenvalue weighted by atomic mass is 16.2. The fraction of sp³-hybridized carbons (Fsp3) is 0.900. The first kappa shape index (κ1) is 14.3. The van der Waals surface area contributed by atoms with Crippen LogP contribution in [-0.4, -0.2) is 36.8 Å². The lowest BCUT2D eigenvalue weighted by atomic mass is 9.88. The standard InChI is InChI=1S/C10H23N3O2/c1-10(2,4-3-5-14)7-13-6-8(11)9(12)15/h8,13-14H,3-7,11H2,1-2H3,(H2,12,15). The van der Waals surface area contributed by atoms with E-state index in [0.717, 1.165) is 19.4 Å². The lowest BCUT2D eigenvalue weighted by molar-refractivity contribution is -0.119. The molecule has 1 unspecified atom stereocenters. The summed E-state index contributed by atoms with van der Waals surface area (Å²) in [6, 6.07) is -0.626. The van der Waals surface area contributed by atoms with Gasteiger partial charge in [-0.1, -0.05) is 13.8 Å². The predicted molar refractivity (Wildman–Crippen MR) is 60.1 cm³/mol. The van der Waals surface area contributed by atoms with Crippen LogP contribution in [0.4, 0.5) is 0 Å². The van der Waals surface area contributed by atoms with Crippen LogP contribution in [0.5, 0.6) is 0 Å². The van der Waals surface area contributed by atoms with E-state index >= 15 is 0 Å². The first-order valence-electron chi connectivity index (χ1n) is 5.25. The molecule has 0 saturated heterocycles. The topological polar surface area (TPSA) is 101 Å². The van der Waals surface area contributed by atoms with Gasteiger partial charge in [-0.05, 0) is 18.3 Å². The number of hydrogen-bond donors (Lipinski definition) is 4. The van der Waals surface area contributed by atoms with Crippen molar-refractivity contribution < 1.29 is 9.90 Å². The van der Waals surface area contributed by atoms with E-state index in [2.05, 4.69) is 19.2 Å². The molecular formula is C10H23N3O2. The fourth-order valence-electron chi connectivity index (χ4n) is 1.31. The summed E-state index contributed by atoms with van der Waals surface area (Å²) in [6.07, 6.45) is 1.72. The third-order valence-corrected chi connectivity index (χ3v) is 2.34. The average Bonchev–Trinajstić information content (AvgIpc) is 2.14. The zero-order chi connectivity index (χ0) is 11.9. The number of carbonyl (C=O) groups excluding carboxylic acids is 1. The van der Waals surface area contributed by atoms with Crippen LogP contribution in [0, 0.1) is 5.41 Å². The minimum absolute atomic E-state index is 0.0973. The molecule has 5 heteroatoms. The van der Waals surface area contributed by atoms with Crippen LogP contribution in [0.25, 0.3) is 0 Å². The molecule has 0 aromatic heterocycles. The summed E-state index contributed by atoms with van der Waals surface area (Å²) < 4.78 is 0. The maximum atomic E-state index is 10.7. The summed E-state index contributed by atoms with van der Waals surface area (Å²) in [4.78, 5) is 10.7. The zero-order valence-electron chi connectivity index (χ0n) is 9.62. The van der Waals surface area contributed by atoms with Crippen molar-refractivity contribution in [2.24, 2.45) is 16.9 Å². The molecule has 0 radical (unpaired) electrons. The van der Waals surface area contributed by atoms with E-state index in [4.69, 9.17) is 16.6 Å². The SMILES string of the molecule is CC(C)(CCCO)CNCC(N)C(N)=O. The van der Waals surface area contributed by atoms with E-state index in [1.54, 1.807) is 0 Å². The molecule has 0 spiro atoms. The molecule has 90 valence electrons. The Kier molecular flexibility index (Phi) is 6.47. The van der Waals surface area contributed by atoms with Gasteiger partial charge in [0.05, 0.1) is 6.04 Å². The van der Waals surface area contributed by atoms with E-state index in [-0.39, 0.29) is 12.0 Å². The Morgan fingerprint density at radius 1 is 1.53 bits per heavy atom. The molecule has 15 heavy (non-hydrogen) atoms. The van der Waals surface area contributed by atoms with Crippen molar-refractivity contribution in [3.8, 4) is 0 Å². The Bertz CT molecular complexity index is 195. The van der Waals surface area contributed by atoms with Gasteiger partial charge in [-0.15, -0.1) is 0 Å². The molecule has 6 N–H and O–H groups in total. The van der Waals surface area contributed by atoms with Gasteiger partial charge in [-0.2, -0.15) is 0 Å². The highest BCUT2D eigenvalue weighted by Crippen LogP contribution is 2.20. The van der Waals surface area contributed by atoms with Gasteiger partial charge in [-0.3, -0.25) is 4.79 Å². The lowest BCUT2D eigenvalue weighted by Gasteiger charge is -2.25. The van der Waals surface area contributed by atoms with E-state index in [1.807, 2.05) is 0 Å². The molecule has 0 aliphatic carbocycles. The molecular weight excluding hydrogens is 194 g/mol. The smallest absolute Gasteiger partial charge is 0.235 e. The maximum absolute atomic E-state index is 10.7. The van der Waals surface area contributed by atoms with Gasteiger partial charge in [0.15, 0.2) is 0 Å². The number of hydrogen-bond acceptors (Lipinski definition) is 4. The number of aliphatic hydroxyl groups is 1. The minimum atomic E-state index is -0.626. The molecule has 1 amide bonds. The number of rotatable bonds is 8. The first-order chi connectivity index (χ1) is 6.89. The van der Waals surface area contributed by atoms with Gasteiger partial charge >= 0.3 is 0 Å². The van der Waals surface area contributed by atoms with Gasteiger partial charge < -0.3 is 21.9 Å². The summed E-state index contributed by atoms with van der Waals surface area (Å²) in [7, 11) is 0. The molecule has 0 aromatic rings. The van der Waals surface area contributed by atoms with Crippen LogP contribution >= 0.6 is 0 Å². The Morgan fingerprint density at radius 2 is 2.13 bits per heavy atom. The molecule has 0 bridgehead atoms. The maximum Gasteiger partial charge on any atom is 0.235 e. The zero-order valence-corrected chi connectivity index (χ0v) is 9.62. The first-order valence-corrected chi connectivity index (χ1v) is 5.25. The summed E-state index contributed by atoms with van der Waals surface area (Å²) in [5, 5.41) is 11.8. The summed E-state index contributed by atoms with van der Waals surface area (Å²) in [5.74, 6) is -0.490. The quantitative estimate of drug-likeness (QED) is 0.427. The monoisotopic (exact) mass is 217 g/mol. The normalized spacial score (nSPS) is 13.9. The molecule has 0 aliphatic heterocycles. The molecule has 0 rings (SSSR count). The van der Waals surface area contributed by atoms with Crippen LogP contribution in [0.3, 0.4) is 0 Å². The van der Waals surface area contributed by atoms with Crippen molar-refractivity contribution in [1.82, 2.24) is 5.32 Å². The molecule has 0 aromatic carbocycles. The highest BCUT2D eigenvalue weighted by molar-refractivity contribution is 5.79. The third-order valence-electron chi connectivity index (χ3n) is 2.34. The minimum Gasteiger partial charge on any atom is -0.396 e. The second-order valence-corrected chi connectivity index (χ2v) is 4.63. The Labute approximate surface area is 91.2 Å². The number of aliphatic hydroxyl groups excluding tert-OH is 1. The van der Waals surface area contributed by atoms with Gasteiger partial charge in [0.2, 0.25) is 5.91 Å². The Balaban J connectivity index is 3.69. The second kappa shape index (κ2) is 6.76. The number of nitrogens with two attached hydrogens (primary N) is 2. The molecule has 0 heterocycles. The van der Waals surface area contributed by atoms with Gasteiger partial charge in [0.25, 0.3) is 0 Å². The van der Waals surface area contributed by atoms with Crippen LogP contribution < -0.4 is 16.8 Å². The summed E-state index contributed by atoms with van der Waals surface area (Å²) in [5.41, 5.74) is 10.6. The van der Waals surface area contributed by atoms with Gasteiger partial charge in [-0.25, -0.2) is 0 Å². The molecule has 1 atom stereocenters. The van der Waals surface area contributed by atoms with Crippen molar-refractivity contribution in [3.05, 3.63) is 0 Å². The van der Waals surface area contributed by atoms with Crippen molar-refractivity contribution >= 4 is 5.91 Å². The van der Waals surface area contributed by atoms with Crippen molar-refractivity contribution in [2.45, 2.75) is 32.7 Å². The van der Waals surface area contributed by atoms with Crippen LogP contribution in [-0.2, 0) is 4.79 Å². The Hall–Kier alpha value is -0.650. The Morgan fingerprint density at radius 3 is 2.60 bits per heavy atom. The van der Waals surface area contributed by atoms with Crippen molar-refractivity contribution in [3.63, 3.8) is 0 Å². The van der Waals surface area contributed by atoms with E-state index < -0.39 is 11.9 Å². The van der Waals surface area contributed by atoms with Crippen molar-refractivity contribution in [1.29, 1.82) is 0 Å². The second-order valence-electron chi connectivity index (χ2n) is 4.63. The summed E-state index contributed by atoms with van der Waals surface area (Å²) >= 11 is 0. The van der Waals surface area contributed by atoms with E-state index in [1.165, 1.54) is 0 Å². The average molecular weight is 217 g/mol. The number of amides is 1. The van der Waals surface area contributed by atoms with Crippen LogP contribution in [0.15, 0.2) is 0 Å². The van der Waals surface area contributed by atoms with E-state index in [9.17, 15) is 4.79 Å². The molecule has 0 aliphatic rings. The largest absolute Gasteiger partial charge is 0.396 e. The highest BCUT2D eigenvalue weighted by Gasteiger charge is 2.17. The number of carbonyl (C=O) groups is 1. The predicted octanol–water partition coefficient (Wildman–Crippen LogP) is -0.813. The van der Waals surface area contributed by atoms with E-state index in [0.29, 0.717) is 6.54 Å². The lowest BCUT2D eigenvalue weighted by Crippen LogP contribution is -2.46. The van der Waals surface area contributed by atoms with Crippen LogP contribution in [0.1, 0.15) is 26.7 Å². The number of primary amides is 1. The molecule has 0 saturated carbocycles. The number of nitrogens with one attached hydrogen (secondary N) is 1. The van der Waals surface area contributed by atoms with Crippen molar-refractivity contribution in [2.75, 3.05) is 19.7 Å².